The van der Waals surface area contributed by atoms with E-state index in [1.165, 1.54) is 0 Å². The molecular weight excluding hydrogens is 785 g/mol. The van der Waals surface area contributed by atoms with E-state index in [1.807, 2.05) is 41.5 Å². The van der Waals surface area contributed by atoms with Crippen LogP contribution in [0.15, 0.2) is 24.8 Å². The molecule has 5 heterocycles. The number of ether oxygens (including phenoxy) is 8. The predicted molar refractivity (Wildman–Crippen MR) is 228 cm³/mol. The quantitative estimate of drug-likeness (QED) is 0.113. The zero-order chi connectivity index (χ0) is 45.1. The van der Waals surface area contributed by atoms with Crippen molar-refractivity contribution in [2.24, 2.45) is 41.4 Å². The van der Waals surface area contributed by atoms with Crippen LogP contribution in [0.25, 0.3) is 0 Å². The van der Waals surface area contributed by atoms with Crippen molar-refractivity contribution in [3.63, 3.8) is 0 Å². The molecule has 0 aliphatic carbocycles. The van der Waals surface area contributed by atoms with Crippen LogP contribution in [-0.2, 0) is 47.5 Å². The highest BCUT2D eigenvalue weighted by atomic mass is 16.8. The molecule has 0 amide bonds. The molecule has 0 aromatic heterocycles. The molecule has 0 radical (unpaired) electrons. The van der Waals surface area contributed by atoms with Gasteiger partial charge in [0.15, 0.2) is 11.9 Å². The van der Waals surface area contributed by atoms with Gasteiger partial charge in [-0.2, -0.15) is 0 Å². The number of rotatable bonds is 16. The van der Waals surface area contributed by atoms with Crippen molar-refractivity contribution in [2.75, 3.05) is 13.2 Å². The fourth-order valence-electron chi connectivity index (χ4n) is 11.1. The minimum absolute atomic E-state index is 0.0313. The predicted octanol–water partition coefficient (Wildman–Crippen LogP) is 8.01. The van der Waals surface area contributed by atoms with Crippen molar-refractivity contribution >= 4 is 17.9 Å². The third-order valence-corrected chi connectivity index (χ3v) is 15.2. The van der Waals surface area contributed by atoms with Crippen LogP contribution in [0.5, 0.6) is 0 Å². The molecule has 4 fully saturated rings. The lowest BCUT2D eigenvalue weighted by Gasteiger charge is -2.54. The number of carbonyl (C=O) groups excluding carboxylic acids is 3. The molecule has 0 bridgehead atoms. The van der Waals surface area contributed by atoms with E-state index in [-0.39, 0.29) is 61.0 Å². The number of hydrogen-bond donors (Lipinski definition) is 2. The van der Waals surface area contributed by atoms with E-state index in [9.17, 15) is 24.6 Å². The molecule has 0 aromatic rings. The minimum atomic E-state index is -1.46. The average molecular weight is 863 g/mol. The maximum atomic E-state index is 14.7. The Hall–Kier alpha value is -2.39. The van der Waals surface area contributed by atoms with Crippen LogP contribution in [0.3, 0.4) is 0 Å². The fraction of sp³-hybridized carbons (Fsp3) is 0.854. The first-order valence-electron chi connectivity index (χ1n) is 23.4. The van der Waals surface area contributed by atoms with Crippen molar-refractivity contribution in [1.29, 1.82) is 0 Å². The van der Waals surface area contributed by atoms with Crippen LogP contribution in [-0.4, -0.2) is 107 Å². The number of carbonyl (C=O) groups is 3. The Balaban J connectivity index is 1.36. The fourth-order valence-corrected chi connectivity index (χ4v) is 11.1. The van der Waals surface area contributed by atoms with Gasteiger partial charge in [0.25, 0.3) is 0 Å². The summed E-state index contributed by atoms with van der Waals surface area (Å²) in [4.78, 5) is 40.4. The first-order valence-corrected chi connectivity index (χ1v) is 23.4. The molecule has 5 aliphatic heterocycles. The van der Waals surface area contributed by atoms with E-state index in [0.717, 1.165) is 6.42 Å². The van der Waals surface area contributed by atoms with Crippen molar-refractivity contribution in [3.05, 3.63) is 24.8 Å². The molecule has 348 valence electrons. The Morgan fingerprint density at radius 3 is 2.23 bits per heavy atom. The first kappa shape index (κ1) is 49.6. The third-order valence-electron chi connectivity index (χ3n) is 15.2. The Kier molecular flexibility index (Phi) is 16.4. The number of hydrogen-bond acceptors (Lipinski definition) is 13. The lowest BCUT2D eigenvalue weighted by atomic mass is 9.72. The third kappa shape index (κ3) is 10.1. The SMILES string of the molecule is C=CCOC(=O)[C@H](CC)[C@H]1CC[C@H](C)[C@H]([C@@H](C)[C@H](O)[C@H](C)C(=O)[C@H](CC)[C@H]2O[C@]3(C=C[C@@H](OC(=O)OCC)[C@]4(CC[C@@](C)([C@H]5CC[C@](O)(CC)[C@H](C)O5)O4)O3)[C@H](C)C[C@@H]2C)O1. The largest absolute Gasteiger partial charge is 0.509 e. The number of aliphatic hydroxyl groups excluding tert-OH is 1. The Labute approximate surface area is 364 Å². The summed E-state index contributed by atoms with van der Waals surface area (Å²) in [6.45, 7) is 25.3. The number of ketones is 1. The smallest absolute Gasteiger partial charge is 0.461 e. The van der Waals surface area contributed by atoms with Crippen molar-refractivity contribution in [2.45, 2.75) is 206 Å². The van der Waals surface area contributed by atoms with Crippen LogP contribution < -0.4 is 0 Å². The highest BCUT2D eigenvalue weighted by Gasteiger charge is 2.64. The van der Waals surface area contributed by atoms with Crippen molar-refractivity contribution in [1.82, 2.24) is 0 Å². The molecule has 13 nitrogen and oxygen atoms in total. The van der Waals surface area contributed by atoms with E-state index in [1.54, 1.807) is 32.1 Å². The number of aliphatic hydroxyl groups is 2. The zero-order valence-corrected chi connectivity index (χ0v) is 38.9. The monoisotopic (exact) mass is 863 g/mol. The Bertz CT molecular complexity index is 1550. The molecule has 13 heteroatoms. The summed E-state index contributed by atoms with van der Waals surface area (Å²) in [5.41, 5.74) is -1.76. The molecule has 0 aromatic carbocycles. The summed E-state index contributed by atoms with van der Waals surface area (Å²) in [6.07, 6.45) is 6.13. The van der Waals surface area contributed by atoms with Gasteiger partial charge in [-0.1, -0.05) is 68.0 Å². The van der Waals surface area contributed by atoms with Crippen molar-refractivity contribution < 1.29 is 62.5 Å². The van der Waals surface area contributed by atoms with Crippen LogP contribution in [0.4, 0.5) is 4.79 Å². The van der Waals surface area contributed by atoms with Gasteiger partial charge in [-0.05, 0) is 103 Å². The summed E-state index contributed by atoms with van der Waals surface area (Å²) in [5, 5.41) is 23.1. The van der Waals surface area contributed by atoms with Crippen LogP contribution in [0.1, 0.15) is 140 Å². The standard InChI is InChI=1S/C48H78O13/c1-13-26-55-43(51)34(14-2)36-19-18-28(6)41(57-36)32(10)39(49)31(9)40(50)35(15-3)42-29(7)27-30(8)47(59-42)23-21-38(58-44(52)54-17-5)48(61-47)25-24-45(12,60-48)37-20-22-46(53,16-4)33(11)56-37/h13,21,23,28-39,41-42,49,53H,1,14-20,22,24-27H2,2-12H3/t28-,29-,30+,31-,32-,33-,34+,35-,36+,37+,38+,39+,41+,42-,45-,46+,47-,48-/m0/s1. The second-order valence-corrected chi connectivity index (χ2v) is 19.3. The summed E-state index contributed by atoms with van der Waals surface area (Å²) >= 11 is 0. The molecule has 0 saturated carbocycles. The lowest BCUT2D eigenvalue weighted by molar-refractivity contribution is -0.408. The van der Waals surface area contributed by atoms with Gasteiger partial charge in [0.1, 0.15) is 12.4 Å². The summed E-state index contributed by atoms with van der Waals surface area (Å²) in [6, 6.07) is 0. The topological polar surface area (TPSA) is 166 Å². The molecule has 61 heavy (non-hydrogen) atoms. The summed E-state index contributed by atoms with van der Waals surface area (Å²) in [5.74, 6) is -5.42. The normalized spacial score (nSPS) is 41.4. The van der Waals surface area contributed by atoms with E-state index in [0.29, 0.717) is 57.8 Å². The minimum Gasteiger partial charge on any atom is -0.461 e. The Morgan fingerprint density at radius 1 is 0.902 bits per heavy atom. The molecule has 0 unspecified atom stereocenters. The molecule has 5 aliphatic rings. The van der Waals surface area contributed by atoms with Crippen LogP contribution in [0, 0.1) is 41.4 Å². The highest BCUT2D eigenvalue weighted by Crippen LogP contribution is 2.54. The van der Waals surface area contributed by atoms with Gasteiger partial charge >= 0.3 is 12.1 Å². The van der Waals surface area contributed by atoms with Gasteiger partial charge in [-0.15, -0.1) is 0 Å². The number of esters is 1. The zero-order valence-electron chi connectivity index (χ0n) is 38.9. The maximum Gasteiger partial charge on any atom is 0.509 e. The molecule has 2 spiro atoms. The second-order valence-electron chi connectivity index (χ2n) is 19.3. The van der Waals surface area contributed by atoms with Crippen LogP contribution in [0.2, 0.25) is 0 Å². The van der Waals surface area contributed by atoms with E-state index in [2.05, 4.69) is 27.4 Å². The summed E-state index contributed by atoms with van der Waals surface area (Å²) < 4.78 is 50.8. The van der Waals surface area contributed by atoms with Gasteiger partial charge in [0.2, 0.25) is 5.79 Å². The van der Waals surface area contributed by atoms with Gasteiger partial charge in [0.05, 0.1) is 60.4 Å². The molecule has 2 N–H and O–H groups in total. The molecule has 5 rings (SSSR count). The summed E-state index contributed by atoms with van der Waals surface area (Å²) in [7, 11) is 0. The maximum absolute atomic E-state index is 14.7. The van der Waals surface area contributed by atoms with E-state index < -0.39 is 77.0 Å². The van der Waals surface area contributed by atoms with E-state index >= 15 is 0 Å². The Morgan fingerprint density at radius 2 is 1.61 bits per heavy atom. The molecule has 4 saturated heterocycles. The number of Topliss-reactive ketones (excluding diaryl/α,β-unsaturated/α-hetero) is 1. The highest BCUT2D eigenvalue weighted by molar-refractivity contribution is 5.84. The van der Waals surface area contributed by atoms with E-state index in [4.69, 9.17) is 37.9 Å². The van der Waals surface area contributed by atoms with Crippen LogP contribution >= 0.6 is 0 Å². The van der Waals surface area contributed by atoms with Gasteiger partial charge < -0.3 is 48.1 Å². The second kappa shape index (κ2) is 20.2. The lowest BCUT2D eigenvalue weighted by Crippen LogP contribution is -2.63. The first-order chi connectivity index (χ1) is 28.8. The van der Waals surface area contributed by atoms with Crippen molar-refractivity contribution in [3.8, 4) is 0 Å². The molecule has 18 atom stereocenters. The van der Waals surface area contributed by atoms with Gasteiger partial charge in [-0.3, -0.25) is 9.59 Å². The van der Waals surface area contributed by atoms with Gasteiger partial charge in [0, 0.05) is 30.1 Å². The van der Waals surface area contributed by atoms with Gasteiger partial charge in [-0.25, -0.2) is 4.79 Å². The molecular formula is C48H78O13. The average Bonchev–Trinajstić information content (AvgIpc) is 3.58.